The van der Waals surface area contributed by atoms with Gasteiger partial charge in [-0.1, -0.05) is 11.2 Å². The largest absolute Gasteiger partial charge is 0.395 e. The van der Waals surface area contributed by atoms with E-state index in [1.807, 2.05) is 17.5 Å². The Morgan fingerprint density at radius 3 is 2.87 bits per heavy atom. The highest BCUT2D eigenvalue weighted by Gasteiger charge is 2.03. The zero-order chi connectivity index (χ0) is 11.1. The second-order valence-corrected chi connectivity index (χ2v) is 3.48. The molecular weight excluding hydrogens is 227 g/mol. The first kappa shape index (κ1) is 11.8. The lowest BCUT2D eigenvalue weighted by molar-refractivity contribution is 0.143. The summed E-state index contributed by atoms with van der Waals surface area (Å²) in [6, 6.07) is 3.66. The minimum atomic E-state index is -2.30. The van der Waals surface area contributed by atoms with Crippen LogP contribution in [0.3, 0.4) is 0 Å². The minimum absolute atomic E-state index is 0.203. The van der Waals surface area contributed by atoms with E-state index in [4.69, 9.17) is 0 Å². The normalized spacial score (nSPS) is 10.6. The summed E-state index contributed by atoms with van der Waals surface area (Å²) in [6.07, 6.45) is -1.33. The summed E-state index contributed by atoms with van der Waals surface area (Å²) in [6.45, 7) is -0.203. The summed E-state index contributed by atoms with van der Waals surface area (Å²) >= 11 is 1.46. The first-order chi connectivity index (χ1) is 7.20. The van der Waals surface area contributed by atoms with E-state index in [-0.39, 0.29) is 6.61 Å². The zero-order valence-electron chi connectivity index (χ0n) is 7.62. The summed E-state index contributed by atoms with van der Waals surface area (Å²) < 4.78 is 35.4. The van der Waals surface area contributed by atoms with Crippen LogP contribution in [0.15, 0.2) is 34.6 Å². The fourth-order valence-electron chi connectivity index (χ4n) is 0.736. The van der Waals surface area contributed by atoms with Crippen LogP contribution in [-0.4, -0.2) is 12.8 Å². The molecule has 1 aromatic heterocycles. The van der Waals surface area contributed by atoms with E-state index in [1.54, 1.807) is 0 Å². The molecule has 0 spiro atoms. The molecule has 1 aromatic rings. The fourth-order valence-corrected chi connectivity index (χ4v) is 1.31. The van der Waals surface area contributed by atoms with Gasteiger partial charge in [0.1, 0.15) is 6.61 Å². The standard InChI is InChI=1S/C9H8F3NOS/c10-8(9(11)12)3-4-14-13-6-7-2-1-5-15-7/h1-2,5-6H,3-4H2. The molecule has 0 aliphatic rings. The van der Waals surface area contributed by atoms with Crippen LogP contribution in [0.4, 0.5) is 13.2 Å². The Bertz CT molecular complexity index is 344. The van der Waals surface area contributed by atoms with Crippen molar-refractivity contribution in [3.05, 3.63) is 34.3 Å². The monoisotopic (exact) mass is 235 g/mol. The minimum Gasteiger partial charge on any atom is -0.395 e. The predicted molar refractivity (Wildman–Crippen MR) is 52.8 cm³/mol. The zero-order valence-corrected chi connectivity index (χ0v) is 8.44. The molecule has 0 saturated heterocycles. The summed E-state index contributed by atoms with van der Waals surface area (Å²) in [7, 11) is 0. The van der Waals surface area contributed by atoms with E-state index in [9.17, 15) is 13.2 Å². The number of halogens is 3. The van der Waals surface area contributed by atoms with Crippen molar-refractivity contribution in [3.63, 3.8) is 0 Å². The van der Waals surface area contributed by atoms with Gasteiger partial charge in [-0.15, -0.1) is 11.3 Å². The molecule has 82 valence electrons. The maximum Gasteiger partial charge on any atom is 0.301 e. The molecular formula is C9H8F3NOS. The van der Waals surface area contributed by atoms with Crippen LogP contribution in [0.1, 0.15) is 11.3 Å². The topological polar surface area (TPSA) is 21.6 Å². The van der Waals surface area contributed by atoms with Crippen LogP contribution >= 0.6 is 11.3 Å². The molecule has 0 aliphatic heterocycles. The Labute approximate surface area is 88.7 Å². The van der Waals surface area contributed by atoms with Gasteiger partial charge >= 0.3 is 6.08 Å². The molecule has 0 unspecified atom stereocenters. The van der Waals surface area contributed by atoms with Crippen molar-refractivity contribution in [1.82, 2.24) is 0 Å². The lowest BCUT2D eigenvalue weighted by atomic mass is 10.4. The van der Waals surface area contributed by atoms with E-state index in [0.29, 0.717) is 0 Å². The molecule has 0 saturated carbocycles. The number of hydrogen-bond donors (Lipinski definition) is 0. The summed E-state index contributed by atoms with van der Waals surface area (Å²) in [4.78, 5) is 5.47. The number of rotatable bonds is 5. The predicted octanol–water partition coefficient (Wildman–Crippen LogP) is 3.57. The average Bonchev–Trinajstić information content (AvgIpc) is 2.69. The highest BCUT2D eigenvalue weighted by molar-refractivity contribution is 7.11. The molecule has 15 heavy (non-hydrogen) atoms. The molecule has 0 aromatic carbocycles. The Hall–Kier alpha value is -1.30. The van der Waals surface area contributed by atoms with Gasteiger partial charge in [-0.05, 0) is 11.4 Å². The van der Waals surface area contributed by atoms with Gasteiger partial charge in [-0.25, -0.2) is 4.39 Å². The number of oxime groups is 1. The molecule has 1 heterocycles. The third-order valence-corrected chi connectivity index (χ3v) is 2.22. The second-order valence-electron chi connectivity index (χ2n) is 2.50. The molecule has 0 fully saturated rings. The van der Waals surface area contributed by atoms with Crippen LogP contribution in [-0.2, 0) is 4.84 Å². The van der Waals surface area contributed by atoms with Gasteiger partial charge in [-0.3, -0.25) is 0 Å². The molecule has 2 nitrogen and oxygen atoms in total. The van der Waals surface area contributed by atoms with E-state index in [0.717, 1.165) is 4.88 Å². The van der Waals surface area contributed by atoms with Crippen LogP contribution in [0.2, 0.25) is 0 Å². The third-order valence-electron chi connectivity index (χ3n) is 1.42. The first-order valence-corrected chi connectivity index (χ1v) is 4.96. The van der Waals surface area contributed by atoms with Gasteiger partial charge in [0, 0.05) is 11.3 Å². The van der Waals surface area contributed by atoms with Crippen molar-refractivity contribution in [3.8, 4) is 0 Å². The molecule has 0 N–H and O–H groups in total. The van der Waals surface area contributed by atoms with Crippen molar-refractivity contribution in [2.24, 2.45) is 5.16 Å². The van der Waals surface area contributed by atoms with Crippen molar-refractivity contribution < 1.29 is 18.0 Å². The summed E-state index contributed by atoms with van der Waals surface area (Å²) in [5.41, 5.74) is 0. The van der Waals surface area contributed by atoms with Gasteiger partial charge in [0.2, 0.25) is 0 Å². The van der Waals surface area contributed by atoms with Crippen LogP contribution < -0.4 is 0 Å². The smallest absolute Gasteiger partial charge is 0.301 e. The third kappa shape index (κ3) is 4.64. The molecule has 0 bridgehead atoms. The first-order valence-electron chi connectivity index (χ1n) is 4.08. The van der Waals surface area contributed by atoms with Gasteiger partial charge in [-0.2, -0.15) is 8.78 Å². The van der Waals surface area contributed by atoms with Gasteiger partial charge in [0.05, 0.1) is 6.21 Å². The van der Waals surface area contributed by atoms with Crippen molar-refractivity contribution >= 4 is 17.6 Å². The van der Waals surface area contributed by atoms with Crippen molar-refractivity contribution in [1.29, 1.82) is 0 Å². The van der Waals surface area contributed by atoms with E-state index in [1.165, 1.54) is 17.6 Å². The Balaban J connectivity index is 2.20. The van der Waals surface area contributed by atoms with E-state index in [2.05, 4.69) is 9.99 Å². The summed E-state index contributed by atoms with van der Waals surface area (Å²) in [5.74, 6) is -1.46. The lowest BCUT2D eigenvalue weighted by Gasteiger charge is -1.95. The van der Waals surface area contributed by atoms with Gasteiger partial charge < -0.3 is 4.84 Å². The number of nitrogens with zero attached hydrogens (tertiary/aromatic N) is 1. The van der Waals surface area contributed by atoms with E-state index < -0.39 is 18.3 Å². The van der Waals surface area contributed by atoms with E-state index >= 15 is 0 Å². The van der Waals surface area contributed by atoms with Gasteiger partial charge in [0.15, 0.2) is 5.83 Å². The van der Waals surface area contributed by atoms with Crippen LogP contribution in [0.25, 0.3) is 0 Å². The quantitative estimate of drug-likeness (QED) is 0.434. The second kappa shape index (κ2) is 6.23. The maximum absolute atomic E-state index is 12.2. The maximum atomic E-state index is 12.2. The molecule has 0 radical (unpaired) electrons. The summed E-state index contributed by atoms with van der Waals surface area (Å²) in [5, 5.41) is 5.36. The fraction of sp³-hybridized carbons (Fsp3) is 0.222. The van der Waals surface area contributed by atoms with Gasteiger partial charge in [0.25, 0.3) is 0 Å². The molecule has 0 atom stereocenters. The Morgan fingerprint density at radius 1 is 1.47 bits per heavy atom. The molecule has 6 heteroatoms. The molecule has 1 rings (SSSR count). The highest BCUT2D eigenvalue weighted by atomic mass is 32.1. The van der Waals surface area contributed by atoms with Crippen molar-refractivity contribution in [2.75, 3.05) is 6.61 Å². The number of hydrogen-bond acceptors (Lipinski definition) is 3. The Morgan fingerprint density at radius 2 is 2.27 bits per heavy atom. The molecule has 0 aliphatic carbocycles. The Kier molecular flexibility index (Phi) is 4.89. The van der Waals surface area contributed by atoms with Crippen LogP contribution in [0, 0.1) is 0 Å². The lowest BCUT2D eigenvalue weighted by Crippen LogP contribution is -1.89. The SMILES string of the molecule is FC(F)=C(F)CCON=Cc1cccs1. The highest BCUT2D eigenvalue weighted by Crippen LogP contribution is 2.12. The molecule has 0 amide bonds. The van der Waals surface area contributed by atoms with Crippen molar-refractivity contribution in [2.45, 2.75) is 6.42 Å². The number of thiophene rings is 1. The average molecular weight is 235 g/mol. The van der Waals surface area contributed by atoms with Crippen LogP contribution in [0.5, 0.6) is 0 Å².